The van der Waals surface area contributed by atoms with E-state index in [0.717, 1.165) is 22.8 Å². The molecule has 20 heavy (non-hydrogen) atoms. The Hall–Kier alpha value is -2.95. The van der Waals surface area contributed by atoms with Crippen LogP contribution in [0.2, 0.25) is 0 Å². The maximum Gasteiger partial charge on any atom is 0.328 e. The summed E-state index contributed by atoms with van der Waals surface area (Å²) in [6.45, 7) is 0. The average Bonchev–Trinajstić information content (AvgIpc) is 2.46. The molecular weight excluding hydrogens is 258 g/mol. The Bertz CT molecular complexity index is 657. The number of carbonyl (C=O) groups is 1. The van der Waals surface area contributed by atoms with E-state index in [4.69, 9.17) is 5.11 Å². The van der Waals surface area contributed by atoms with Gasteiger partial charge < -0.3 is 5.11 Å². The third kappa shape index (κ3) is 3.29. The van der Waals surface area contributed by atoms with E-state index in [-0.39, 0.29) is 5.69 Å². The molecule has 0 aliphatic rings. The van der Waals surface area contributed by atoms with E-state index in [9.17, 15) is 14.9 Å². The Morgan fingerprint density at radius 3 is 1.95 bits per heavy atom. The third-order valence-electron chi connectivity index (χ3n) is 2.74. The van der Waals surface area contributed by atoms with Crippen molar-refractivity contribution in [1.82, 2.24) is 0 Å². The summed E-state index contributed by atoms with van der Waals surface area (Å²) in [4.78, 5) is 20.5. The highest BCUT2D eigenvalue weighted by Gasteiger charge is 2.04. The monoisotopic (exact) mass is 269 g/mol. The van der Waals surface area contributed by atoms with Crippen molar-refractivity contribution in [1.29, 1.82) is 0 Å². The molecule has 2 aromatic carbocycles. The summed E-state index contributed by atoms with van der Waals surface area (Å²) in [5.41, 5.74) is 2.60. The van der Waals surface area contributed by atoms with E-state index in [1.807, 2.05) is 12.1 Å². The van der Waals surface area contributed by atoms with Crippen LogP contribution in [0.25, 0.3) is 17.2 Å². The van der Waals surface area contributed by atoms with Gasteiger partial charge in [-0.05, 0) is 34.9 Å². The zero-order valence-corrected chi connectivity index (χ0v) is 10.4. The Balaban J connectivity index is 2.21. The molecule has 0 spiro atoms. The summed E-state index contributed by atoms with van der Waals surface area (Å²) in [5, 5.41) is 19.1. The fraction of sp³-hybridized carbons (Fsp3) is 0. The molecule has 0 radical (unpaired) electrons. The number of non-ortho nitro benzene ring substituents is 1. The number of hydrogen-bond donors (Lipinski definition) is 1. The van der Waals surface area contributed by atoms with Gasteiger partial charge in [0.05, 0.1) is 4.92 Å². The van der Waals surface area contributed by atoms with Gasteiger partial charge in [-0.15, -0.1) is 0 Å². The van der Waals surface area contributed by atoms with E-state index in [1.165, 1.54) is 18.2 Å². The van der Waals surface area contributed by atoms with Crippen molar-refractivity contribution < 1.29 is 14.8 Å². The number of aliphatic carboxylic acids is 1. The molecule has 0 saturated heterocycles. The predicted molar refractivity (Wildman–Crippen MR) is 75.2 cm³/mol. The van der Waals surface area contributed by atoms with Gasteiger partial charge in [-0.3, -0.25) is 10.1 Å². The van der Waals surface area contributed by atoms with Crippen molar-refractivity contribution in [2.75, 3.05) is 0 Å². The molecule has 0 amide bonds. The lowest BCUT2D eigenvalue weighted by Gasteiger charge is -2.02. The van der Waals surface area contributed by atoms with Crippen LogP contribution in [-0.2, 0) is 4.79 Å². The van der Waals surface area contributed by atoms with Gasteiger partial charge in [-0.1, -0.05) is 24.3 Å². The number of hydrogen-bond acceptors (Lipinski definition) is 3. The van der Waals surface area contributed by atoms with E-state index < -0.39 is 10.9 Å². The van der Waals surface area contributed by atoms with Gasteiger partial charge in [0, 0.05) is 18.2 Å². The number of nitro groups is 1. The summed E-state index contributed by atoms with van der Waals surface area (Å²) < 4.78 is 0. The molecule has 0 unspecified atom stereocenters. The van der Waals surface area contributed by atoms with Crippen molar-refractivity contribution in [2.45, 2.75) is 0 Å². The van der Waals surface area contributed by atoms with Crippen LogP contribution in [0, 0.1) is 10.1 Å². The Kier molecular flexibility index (Phi) is 3.91. The Morgan fingerprint density at radius 1 is 1.00 bits per heavy atom. The van der Waals surface area contributed by atoms with E-state index >= 15 is 0 Å². The van der Waals surface area contributed by atoms with E-state index in [0.29, 0.717) is 0 Å². The molecule has 2 rings (SSSR count). The lowest BCUT2D eigenvalue weighted by atomic mass is 10.0. The van der Waals surface area contributed by atoms with Crippen molar-refractivity contribution in [3.05, 3.63) is 70.3 Å². The van der Waals surface area contributed by atoms with Gasteiger partial charge in [0.1, 0.15) is 0 Å². The van der Waals surface area contributed by atoms with Crippen LogP contribution in [0.4, 0.5) is 5.69 Å². The largest absolute Gasteiger partial charge is 0.478 e. The summed E-state index contributed by atoms with van der Waals surface area (Å²) in [5.74, 6) is -0.996. The Labute approximate surface area is 115 Å². The van der Waals surface area contributed by atoms with Crippen LogP contribution in [0.3, 0.4) is 0 Å². The molecule has 1 N–H and O–H groups in total. The minimum Gasteiger partial charge on any atom is -0.478 e. The minimum absolute atomic E-state index is 0.0507. The number of carboxylic acids is 1. The highest BCUT2D eigenvalue weighted by Crippen LogP contribution is 2.22. The fourth-order valence-electron chi connectivity index (χ4n) is 1.73. The first-order valence-corrected chi connectivity index (χ1v) is 5.82. The quantitative estimate of drug-likeness (QED) is 0.524. The molecule has 0 aliphatic carbocycles. The molecule has 0 bridgehead atoms. The lowest BCUT2D eigenvalue weighted by molar-refractivity contribution is -0.384. The first kappa shape index (κ1) is 13.5. The van der Waals surface area contributed by atoms with Crippen LogP contribution in [0.5, 0.6) is 0 Å². The van der Waals surface area contributed by atoms with E-state index in [1.54, 1.807) is 24.3 Å². The summed E-state index contributed by atoms with van der Waals surface area (Å²) in [6, 6.07) is 13.5. The van der Waals surface area contributed by atoms with E-state index in [2.05, 4.69) is 0 Å². The minimum atomic E-state index is -0.996. The summed E-state index contributed by atoms with van der Waals surface area (Å²) in [7, 11) is 0. The first-order valence-electron chi connectivity index (χ1n) is 5.82. The van der Waals surface area contributed by atoms with Crippen LogP contribution in [0.1, 0.15) is 5.56 Å². The second-order valence-corrected chi connectivity index (χ2v) is 4.10. The number of carboxylic acid groups (broad SMARTS) is 1. The number of nitrogens with zero attached hydrogens (tertiary/aromatic N) is 1. The van der Waals surface area contributed by atoms with Gasteiger partial charge in [0.2, 0.25) is 0 Å². The topological polar surface area (TPSA) is 80.4 Å². The normalized spacial score (nSPS) is 10.6. The maximum absolute atomic E-state index is 10.6. The smallest absolute Gasteiger partial charge is 0.328 e. The molecule has 0 aliphatic heterocycles. The van der Waals surface area contributed by atoms with Crippen molar-refractivity contribution in [2.24, 2.45) is 0 Å². The number of nitro benzene ring substituents is 1. The molecule has 0 saturated carbocycles. The standard InChI is InChI=1S/C15H11NO4/c17-15(18)10-3-11-1-4-12(5-2-11)13-6-8-14(9-7-13)16(19)20/h1-10H,(H,17,18)/b10-3+. The maximum atomic E-state index is 10.6. The third-order valence-corrected chi connectivity index (χ3v) is 2.74. The van der Waals surface area contributed by atoms with Gasteiger partial charge in [-0.25, -0.2) is 4.79 Å². The molecule has 5 nitrogen and oxygen atoms in total. The van der Waals surface area contributed by atoms with Gasteiger partial charge in [-0.2, -0.15) is 0 Å². The SMILES string of the molecule is O=C(O)/C=C/c1ccc(-c2ccc([N+](=O)[O-])cc2)cc1. The lowest BCUT2D eigenvalue weighted by Crippen LogP contribution is -1.87. The molecular formula is C15H11NO4. The van der Waals surface area contributed by atoms with Gasteiger partial charge in [0.15, 0.2) is 0 Å². The highest BCUT2D eigenvalue weighted by atomic mass is 16.6. The summed E-state index contributed by atoms with van der Waals surface area (Å²) in [6.07, 6.45) is 2.57. The van der Waals surface area contributed by atoms with Gasteiger partial charge >= 0.3 is 5.97 Å². The molecule has 0 atom stereocenters. The molecule has 2 aromatic rings. The van der Waals surface area contributed by atoms with Crippen LogP contribution >= 0.6 is 0 Å². The van der Waals surface area contributed by atoms with Crippen molar-refractivity contribution >= 4 is 17.7 Å². The predicted octanol–water partition coefficient (Wildman–Crippen LogP) is 3.36. The fourth-order valence-corrected chi connectivity index (χ4v) is 1.73. The zero-order valence-electron chi connectivity index (χ0n) is 10.4. The molecule has 0 fully saturated rings. The summed E-state index contributed by atoms with van der Waals surface area (Å²) >= 11 is 0. The second kappa shape index (κ2) is 5.79. The van der Waals surface area contributed by atoms with Crippen molar-refractivity contribution in [3.63, 3.8) is 0 Å². The Morgan fingerprint density at radius 2 is 1.50 bits per heavy atom. The van der Waals surface area contributed by atoms with Crippen LogP contribution in [0.15, 0.2) is 54.6 Å². The van der Waals surface area contributed by atoms with Gasteiger partial charge in [0.25, 0.3) is 5.69 Å². The van der Waals surface area contributed by atoms with Crippen LogP contribution < -0.4 is 0 Å². The molecule has 0 aromatic heterocycles. The number of rotatable bonds is 4. The molecule has 5 heteroatoms. The average molecular weight is 269 g/mol. The first-order chi connectivity index (χ1) is 9.56. The molecule has 0 heterocycles. The molecule has 100 valence electrons. The van der Waals surface area contributed by atoms with Crippen molar-refractivity contribution in [3.8, 4) is 11.1 Å². The number of benzene rings is 2. The zero-order chi connectivity index (χ0) is 14.5. The second-order valence-electron chi connectivity index (χ2n) is 4.10. The highest BCUT2D eigenvalue weighted by molar-refractivity contribution is 5.85. The van der Waals surface area contributed by atoms with Crippen LogP contribution in [-0.4, -0.2) is 16.0 Å².